The van der Waals surface area contributed by atoms with Crippen molar-refractivity contribution < 1.29 is 4.74 Å². The highest BCUT2D eigenvalue weighted by Gasteiger charge is 2.22. The number of nitrogens with zero attached hydrogens (tertiary/aromatic N) is 2. The molecule has 2 rings (SSSR count). The number of ether oxygens (including phenoxy) is 1. The minimum atomic E-state index is -0.104. The fourth-order valence-electron chi connectivity index (χ4n) is 2.08. The Morgan fingerprint density at radius 2 is 2.47 bits per heavy atom. The van der Waals surface area contributed by atoms with E-state index in [0.717, 1.165) is 43.0 Å². The molecule has 1 aliphatic heterocycles. The van der Waals surface area contributed by atoms with Gasteiger partial charge in [0.1, 0.15) is 11.8 Å². The molecule has 1 aromatic heterocycles. The predicted molar refractivity (Wildman–Crippen MR) is 65.9 cm³/mol. The summed E-state index contributed by atoms with van der Waals surface area (Å²) in [6.07, 6.45) is 5.15. The van der Waals surface area contributed by atoms with Crippen LogP contribution in [0.15, 0.2) is 17.9 Å². The van der Waals surface area contributed by atoms with Gasteiger partial charge in [0.25, 0.3) is 0 Å². The van der Waals surface area contributed by atoms with Crippen LogP contribution in [-0.2, 0) is 18.2 Å². The van der Waals surface area contributed by atoms with Crippen LogP contribution in [0, 0.1) is 0 Å². The summed E-state index contributed by atoms with van der Waals surface area (Å²) >= 11 is 0. The molecule has 94 valence electrons. The third-order valence-electron chi connectivity index (χ3n) is 3.04. The monoisotopic (exact) mass is 236 g/mol. The third-order valence-corrected chi connectivity index (χ3v) is 3.04. The molecule has 0 fully saturated rings. The Balaban J connectivity index is 2.27. The SMILES string of the molecule is CCc1cc(C(NN)C2=CCCCO2)n(C)n1. The van der Waals surface area contributed by atoms with Gasteiger partial charge in [0.2, 0.25) is 0 Å². The molecule has 0 saturated heterocycles. The van der Waals surface area contributed by atoms with Gasteiger partial charge in [0.05, 0.1) is 18.0 Å². The molecule has 1 unspecified atom stereocenters. The molecular formula is C12H20N4O. The number of rotatable bonds is 4. The van der Waals surface area contributed by atoms with Crippen molar-refractivity contribution in [2.24, 2.45) is 12.9 Å². The van der Waals surface area contributed by atoms with Crippen molar-refractivity contribution in [3.05, 3.63) is 29.3 Å². The van der Waals surface area contributed by atoms with Crippen molar-refractivity contribution >= 4 is 0 Å². The van der Waals surface area contributed by atoms with Crippen LogP contribution in [0.2, 0.25) is 0 Å². The Morgan fingerprint density at radius 1 is 1.65 bits per heavy atom. The summed E-state index contributed by atoms with van der Waals surface area (Å²) in [5.41, 5.74) is 4.92. The van der Waals surface area contributed by atoms with Crippen LogP contribution in [0.5, 0.6) is 0 Å². The highest BCUT2D eigenvalue weighted by Crippen LogP contribution is 2.25. The van der Waals surface area contributed by atoms with Crippen molar-refractivity contribution in [3.63, 3.8) is 0 Å². The molecule has 0 amide bonds. The molecular weight excluding hydrogens is 216 g/mol. The first-order chi connectivity index (χ1) is 8.26. The molecule has 0 aliphatic carbocycles. The highest BCUT2D eigenvalue weighted by molar-refractivity contribution is 5.22. The highest BCUT2D eigenvalue weighted by atomic mass is 16.5. The largest absolute Gasteiger partial charge is 0.496 e. The van der Waals surface area contributed by atoms with E-state index in [1.54, 1.807) is 0 Å². The zero-order valence-electron chi connectivity index (χ0n) is 10.4. The molecule has 0 aromatic carbocycles. The number of allylic oxidation sites excluding steroid dienone is 1. The second-order valence-electron chi connectivity index (χ2n) is 4.23. The van der Waals surface area contributed by atoms with E-state index in [0.29, 0.717) is 0 Å². The van der Waals surface area contributed by atoms with E-state index >= 15 is 0 Å². The van der Waals surface area contributed by atoms with Crippen molar-refractivity contribution in [2.45, 2.75) is 32.2 Å². The average molecular weight is 236 g/mol. The summed E-state index contributed by atoms with van der Waals surface area (Å²) in [6, 6.07) is 1.97. The van der Waals surface area contributed by atoms with Gasteiger partial charge in [0, 0.05) is 7.05 Å². The summed E-state index contributed by atoms with van der Waals surface area (Å²) in [6.45, 7) is 2.86. The lowest BCUT2D eigenvalue weighted by Crippen LogP contribution is -2.32. The first-order valence-electron chi connectivity index (χ1n) is 6.08. The predicted octanol–water partition coefficient (Wildman–Crippen LogP) is 1.18. The minimum absolute atomic E-state index is 0.104. The van der Waals surface area contributed by atoms with E-state index in [9.17, 15) is 0 Å². The van der Waals surface area contributed by atoms with Crippen molar-refractivity contribution in [3.8, 4) is 0 Å². The Hall–Kier alpha value is -1.33. The summed E-state index contributed by atoms with van der Waals surface area (Å²) in [4.78, 5) is 0. The van der Waals surface area contributed by atoms with Gasteiger partial charge in [-0.05, 0) is 31.4 Å². The van der Waals surface area contributed by atoms with E-state index in [-0.39, 0.29) is 6.04 Å². The number of hydrogen-bond donors (Lipinski definition) is 2. The molecule has 1 aliphatic rings. The fraction of sp³-hybridized carbons (Fsp3) is 0.583. The van der Waals surface area contributed by atoms with Gasteiger partial charge in [-0.2, -0.15) is 5.10 Å². The van der Waals surface area contributed by atoms with Crippen LogP contribution in [0.1, 0.15) is 37.2 Å². The second kappa shape index (κ2) is 5.33. The van der Waals surface area contributed by atoms with Gasteiger partial charge in [-0.3, -0.25) is 10.5 Å². The smallest absolute Gasteiger partial charge is 0.120 e. The van der Waals surface area contributed by atoms with Crippen molar-refractivity contribution in [1.82, 2.24) is 15.2 Å². The summed E-state index contributed by atoms with van der Waals surface area (Å²) in [5, 5.41) is 4.43. The van der Waals surface area contributed by atoms with Gasteiger partial charge < -0.3 is 4.74 Å². The summed E-state index contributed by atoms with van der Waals surface area (Å²) in [5.74, 6) is 6.55. The van der Waals surface area contributed by atoms with E-state index in [1.165, 1.54) is 0 Å². The molecule has 1 atom stereocenters. The average Bonchev–Trinajstić information content (AvgIpc) is 2.73. The van der Waals surface area contributed by atoms with E-state index in [1.807, 2.05) is 11.7 Å². The quantitative estimate of drug-likeness (QED) is 0.608. The number of aryl methyl sites for hydroxylation is 2. The van der Waals surface area contributed by atoms with Crippen LogP contribution in [0.25, 0.3) is 0 Å². The lowest BCUT2D eigenvalue weighted by Gasteiger charge is -2.23. The van der Waals surface area contributed by atoms with Crippen LogP contribution < -0.4 is 11.3 Å². The molecule has 2 heterocycles. The Morgan fingerprint density at radius 3 is 3.00 bits per heavy atom. The van der Waals surface area contributed by atoms with E-state index in [4.69, 9.17) is 10.6 Å². The maximum atomic E-state index is 5.66. The Labute approximate surface area is 102 Å². The van der Waals surface area contributed by atoms with Gasteiger partial charge in [-0.15, -0.1) is 0 Å². The van der Waals surface area contributed by atoms with Gasteiger partial charge >= 0.3 is 0 Å². The van der Waals surface area contributed by atoms with E-state index < -0.39 is 0 Å². The molecule has 3 N–H and O–H groups in total. The molecule has 0 saturated carbocycles. The van der Waals surface area contributed by atoms with Crippen LogP contribution in [0.4, 0.5) is 0 Å². The first-order valence-corrected chi connectivity index (χ1v) is 6.08. The number of hydrazine groups is 1. The van der Waals surface area contributed by atoms with Gasteiger partial charge in [-0.1, -0.05) is 6.92 Å². The molecule has 0 radical (unpaired) electrons. The fourth-order valence-corrected chi connectivity index (χ4v) is 2.08. The van der Waals surface area contributed by atoms with Crippen molar-refractivity contribution in [1.29, 1.82) is 0 Å². The molecule has 0 spiro atoms. The van der Waals surface area contributed by atoms with Gasteiger partial charge in [0.15, 0.2) is 0 Å². The van der Waals surface area contributed by atoms with Crippen LogP contribution in [-0.4, -0.2) is 16.4 Å². The standard InChI is InChI=1S/C12H20N4O/c1-3-9-8-10(16(2)15-9)12(14-13)11-6-4-5-7-17-11/h6,8,12,14H,3-5,7,13H2,1-2H3. The summed E-state index contributed by atoms with van der Waals surface area (Å²) < 4.78 is 7.52. The topological polar surface area (TPSA) is 65.1 Å². The molecule has 5 heteroatoms. The zero-order valence-corrected chi connectivity index (χ0v) is 10.4. The lowest BCUT2D eigenvalue weighted by atomic mass is 10.1. The Bertz CT molecular complexity index is 411. The minimum Gasteiger partial charge on any atom is -0.496 e. The van der Waals surface area contributed by atoms with Gasteiger partial charge in [-0.25, -0.2) is 5.43 Å². The normalized spacial score (nSPS) is 17.5. The Kier molecular flexibility index (Phi) is 3.81. The number of hydrogen-bond acceptors (Lipinski definition) is 4. The maximum Gasteiger partial charge on any atom is 0.120 e. The molecule has 5 nitrogen and oxygen atoms in total. The second-order valence-corrected chi connectivity index (χ2v) is 4.23. The maximum absolute atomic E-state index is 5.66. The van der Waals surface area contributed by atoms with E-state index in [2.05, 4.69) is 29.6 Å². The number of nitrogens with two attached hydrogens (primary N) is 1. The van der Waals surface area contributed by atoms with Crippen LogP contribution >= 0.6 is 0 Å². The molecule has 17 heavy (non-hydrogen) atoms. The summed E-state index contributed by atoms with van der Waals surface area (Å²) in [7, 11) is 1.93. The third kappa shape index (κ3) is 2.50. The number of aromatic nitrogens is 2. The van der Waals surface area contributed by atoms with Crippen LogP contribution in [0.3, 0.4) is 0 Å². The first kappa shape index (κ1) is 12.1. The van der Waals surface area contributed by atoms with Crippen molar-refractivity contribution in [2.75, 3.05) is 6.61 Å². The lowest BCUT2D eigenvalue weighted by molar-refractivity contribution is 0.166. The number of nitrogens with one attached hydrogen (secondary N) is 1. The molecule has 1 aromatic rings. The zero-order chi connectivity index (χ0) is 12.3. The molecule has 0 bridgehead atoms.